The molecule has 3 nitrogen and oxygen atoms in total. The minimum atomic E-state index is -0.695. The summed E-state index contributed by atoms with van der Waals surface area (Å²) in [5, 5.41) is 5.89. The summed E-state index contributed by atoms with van der Waals surface area (Å²) in [5.41, 5.74) is -0.232. The number of halogens is 2. The highest BCUT2D eigenvalue weighted by Crippen LogP contribution is 2.12. The Bertz CT molecular complexity index is 431. The van der Waals surface area contributed by atoms with Gasteiger partial charge in [-0.3, -0.25) is 4.79 Å². The number of carbonyl (C=O) groups is 1. The molecule has 1 heterocycles. The van der Waals surface area contributed by atoms with Gasteiger partial charge in [-0.15, -0.1) is 0 Å². The molecule has 98 valence electrons. The van der Waals surface area contributed by atoms with Crippen LogP contribution < -0.4 is 10.6 Å². The molecular formula is C13H16F2N2O. The number of piperidine rings is 1. The minimum Gasteiger partial charge on any atom is -0.352 e. The smallest absolute Gasteiger partial charge is 0.254 e. The van der Waals surface area contributed by atoms with Crippen molar-refractivity contribution in [3.8, 4) is 0 Å². The first-order valence-corrected chi connectivity index (χ1v) is 6.11. The monoisotopic (exact) mass is 254 g/mol. The number of amides is 1. The van der Waals surface area contributed by atoms with Gasteiger partial charge in [-0.05, 0) is 50.0 Å². The van der Waals surface area contributed by atoms with E-state index in [0.717, 1.165) is 44.1 Å². The van der Waals surface area contributed by atoms with Gasteiger partial charge in [-0.1, -0.05) is 0 Å². The molecule has 0 atom stereocenters. The maximum Gasteiger partial charge on any atom is 0.254 e. The molecule has 0 aliphatic carbocycles. The molecule has 0 aromatic heterocycles. The van der Waals surface area contributed by atoms with Gasteiger partial charge in [0.15, 0.2) is 0 Å². The largest absolute Gasteiger partial charge is 0.352 e. The summed E-state index contributed by atoms with van der Waals surface area (Å²) in [7, 11) is 0. The third kappa shape index (κ3) is 3.26. The fraction of sp³-hybridized carbons (Fsp3) is 0.462. The van der Waals surface area contributed by atoms with Crippen molar-refractivity contribution in [3.63, 3.8) is 0 Å². The topological polar surface area (TPSA) is 41.1 Å². The van der Waals surface area contributed by atoms with E-state index in [9.17, 15) is 13.6 Å². The van der Waals surface area contributed by atoms with E-state index in [1.54, 1.807) is 0 Å². The maximum atomic E-state index is 13.3. The predicted octanol–water partition coefficient (Wildman–Crippen LogP) is 1.69. The summed E-state index contributed by atoms with van der Waals surface area (Å²) in [4.78, 5) is 11.7. The van der Waals surface area contributed by atoms with Crippen LogP contribution in [0.1, 0.15) is 23.2 Å². The van der Waals surface area contributed by atoms with Gasteiger partial charge in [0.25, 0.3) is 5.91 Å². The Balaban J connectivity index is 1.92. The molecule has 2 rings (SSSR count). The number of benzene rings is 1. The lowest BCUT2D eigenvalue weighted by Crippen LogP contribution is -2.36. The van der Waals surface area contributed by atoms with Gasteiger partial charge in [0.2, 0.25) is 0 Å². The van der Waals surface area contributed by atoms with Crippen molar-refractivity contribution in [2.24, 2.45) is 5.92 Å². The van der Waals surface area contributed by atoms with Crippen molar-refractivity contribution in [3.05, 3.63) is 35.4 Å². The van der Waals surface area contributed by atoms with E-state index in [0.29, 0.717) is 12.5 Å². The summed E-state index contributed by atoms with van der Waals surface area (Å²) in [5.74, 6) is -1.44. The Labute approximate surface area is 105 Å². The van der Waals surface area contributed by atoms with Crippen LogP contribution in [0.5, 0.6) is 0 Å². The zero-order valence-electron chi connectivity index (χ0n) is 10.0. The Morgan fingerprint density at radius 1 is 1.33 bits per heavy atom. The molecule has 1 aromatic rings. The summed E-state index contributed by atoms with van der Waals surface area (Å²) in [6.45, 7) is 2.39. The molecule has 18 heavy (non-hydrogen) atoms. The molecule has 2 N–H and O–H groups in total. The molecule has 0 bridgehead atoms. The van der Waals surface area contributed by atoms with E-state index in [2.05, 4.69) is 10.6 Å². The van der Waals surface area contributed by atoms with E-state index in [4.69, 9.17) is 0 Å². The zero-order valence-corrected chi connectivity index (χ0v) is 10.0. The minimum absolute atomic E-state index is 0.232. The van der Waals surface area contributed by atoms with Crippen LogP contribution in [0.15, 0.2) is 18.2 Å². The molecule has 1 fully saturated rings. The number of rotatable bonds is 3. The van der Waals surface area contributed by atoms with Crippen LogP contribution >= 0.6 is 0 Å². The molecular weight excluding hydrogens is 238 g/mol. The lowest BCUT2D eigenvalue weighted by molar-refractivity contribution is 0.0939. The number of hydrogen-bond donors (Lipinski definition) is 2. The maximum absolute atomic E-state index is 13.3. The second-order valence-corrected chi connectivity index (χ2v) is 4.53. The van der Waals surface area contributed by atoms with Crippen molar-refractivity contribution in [1.29, 1.82) is 0 Å². The number of hydrogen-bond acceptors (Lipinski definition) is 2. The second kappa shape index (κ2) is 5.91. The fourth-order valence-electron chi connectivity index (χ4n) is 2.09. The van der Waals surface area contributed by atoms with Gasteiger partial charge in [0.05, 0.1) is 5.56 Å². The highest BCUT2D eigenvalue weighted by atomic mass is 19.1. The predicted molar refractivity (Wildman–Crippen MR) is 64.3 cm³/mol. The van der Waals surface area contributed by atoms with Crippen molar-refractivity contribution < 1.29 is 13.6 Å². The number of carbonyl (C=O) groups excluding carboxylic acids is 1. The standard InChI is InChI=1S/C13H16F2N2O/c14-10-1-2-12(15)11(7-10)13(18)17-8-9-3-5-16-6-4-9/h1-2,7,9,16H,3-6,8H2,(H,17,18). The molecule has 1 amide bonds. The lowest BCUT2D eigenvalue weighted by Gasteiger charge is -2.22. The van der Waals surface area contributed by atoms with Crippen LogP contribution in [0.4, 0.5) is 8.78 Å². The van der Waals surface area contributed by atoms with Gasteiger partial charge < -0.3 is 10.6 Å². The Kier molecular flexibility index (Phi) is 4.25. The quantitative estimate of drug-likeness (QED) is 0.862. The van der Waals surface area contributed by atoms with E-state index in [-0.39, 0.29) is 5.56 Å². The number of nitrogens with one attached hydrogen (secondary N) is 2. The van der Waals surface area contributed by atoms with E-state index < -0.39 is 17.5 Å². The first-order valence-electron chi connectivity index (χ1n) is 6.11. The van der Waals surface area contributed by atoms with Gasteiger partial charge >= 0.3 is 0 Å². The van der Waals surface area contributed by atoms with Crippen LogP contribution in [0.3, 0.4) is 0 Å². The zero-order chi connectivity index (χ0) is 13.0. The third-order valence-electron chi connectivity index (χ3n) is 3.18. The summed E-state index contributed by atoms with van der Waals surface area (Å²) in [6, 6.07) is 2.89. The molecule has 1 aromatic carbocycles. The Hall–Kier alpha value is -1.49. The summed E-state index contributed by atoms with van der Waals surface area (Å²) in [6.07, 6.45) is 1.98. The van der Waals surface area contributed by atoms with E-state index >= 15 is 0 Å². The Morgan fingerprint density at radius 2 is 2.06 bits per heavy atom. The molecule has 1 aliphatic heterocycles. The first kappa shape index (κ1) is 13.0. The molecule has 0 radical (unpaired) electrons. The normalized spacial score (nSPS) is 16.6. The molecule has 5 heteroatoms. The molecule has 0 saturated carbocycles. The van der Waals surface area contributed by atoms with Gasteiger partial charge in [0, 0.05) is 6.54 Å². The summed E-state index contributed by atoms with van der Waals surface area (Å²) < 4.78 is 26.3. The van der Waals surface area contributed by atoms with Gasteiger partial charge in [0.1, 0.15) is 11.6 Å². The van der Waals surface area contributed by atoms with Gasteiger partial charge in [-0.2, -0.15) is 0 Å². The first-order chi connectivity index (χ1) is 8.66. The molecule has 0 spiro atoms. The van der Waals surface area contributed by atoms with Crippen molar-refractivity contribution in [1.82, 2.24) is 10.6 Å². The Morgan fingerprint density at radius 3 is 2.78 bits per heavy atom. The van der Waals surface area contributed by atoms with Crippen LogP contribution in [-0.4, -0.2) is 25.5 Å². The van der Waals surface area contributed by atoms with Crippen LogP contribution in [-0.2, 0) is 0 Å². The molecule has 1 saturated heterocycles. The highest BCUT2D eigenvalue weighted by molar-refractivity contribution is 5.94. The molecule has 0 unspecified atom stereocenters. The van der Waals surface area contributed by atoms with Crippen LogP contribution in [0.25, 0.3) is 0 Å². The van der Waals surface area contributed by atoms with Crippen molar-refractivity contribution in [2.45, 2.75) is 12.8 Å². The average Bonchev–Trinajstić information content (AvgIpc) is 2.40. The fourth-order valence-corrected chi connectivity index (χ4v) is 2.09. The summed E-state index contributed by atoms with van der Waals surface area (Å²) >= 11 is 0. The van der Waals surface area contributed by atoms with Crippen LogP contribution in [0, 0.1) is 17.6 Å². The van der Waals surface area contributed by atoms with E-state index in [1.165, 1.54) is 0 Å². The molecule has 1 aliphatic rings. The van der Waals surface area contributed by atoms with E-state index in [1.807, 2.05) is 0 Å². The lowest BCUT2D eigenvalue weighted by atomic mass is 9.98. The van der Waals surface area contributed by atoms with Crippen molar-refractivity contribution in [2.75, 3.05) is 19.6 Å². The average molecular weight is 254 g/mol. The van der Waals surface area contributed by atoms with Gasteiger partial charge in [-0.25, -0.2) is 8.78 Å². The third-order valence-corrected chi connectivity index (χ3v) is 3.18. The highest BCUT2D eigenvalue weighted by Gasteiger charge is 2.16. The SMILES string of the molecule is O=C(NCC1CCNCC1)c1cc(F)ccc1F. The second-order valence-electron chi connectivity index (χ2n) is 4.53. The van der Waals surface area contributed by atoms with Crippen molar-refractivity contribution >= 4 is 5.91 Å². The van der Waals surface area contributed by atoms with Crippen LogP contribution in [0.2, 0.25) is 0 Å².